The van der Waals surface area contributed by atoms with Gasteiger partial charge in [0.25, 0.3) is 0 Å². The molecule has 0 aromatic carbocycles. The molecule has 0 rings (SSSR count). The predicted molar refractivity (Wildman–Crippen MR) is 307 cm³/mol. The molecule has 12 heteroatoms. The highest BCUT2D eigenvalue weighted by molar-refractivity contribution is 7.47. The summed E-state index contributed by atoms with van der Waals surface area (Å²) < 4.78 is 39.5. The first-order chi connectivity index (χ1) is 36.2. The van der Waals surface area contributed by atoms with Gasteiger partial charge in [-0.1, -0.05) is 221 Å². The van der Waals surface area contributed by atoms with Crippen molar-refractivity contribution in [2.75, 3.05) is 26.4 Å². The van der Waals surface area contributed by atoms with Crippen LogP contribution in [0.25, 0.3) is 0 Å². The molecule has 11 nitrogen and oxygen atoms in total. The number of aliphatic hydroxyl groups excluding tert-OH is 1. The zero-order valence-electron chi connectivity index (χ0n) is 46.8. The largest absolute Gasteiger partial charge is 0.472 e. The molecule has 0 aromatic heterocycles. The number of phosphoric acid groups is 1. The van der Waals surface area contributed by atoms with Gasteiger partial charge in [0.15, 0.2) is 6.10 Å². The lowest BCUT2D eigenvalue weighted by Crippen LogP contribution is -2.30. The molecule has 0 aliphatic heterocycles. The van der Waals surface area contributed by atoms with Crippen molar-refractivity contribution in [3.63, 3.8) is 0 Å². The van der Waals surface area contributed by atoms with Gasteiger partial charge >= 0.3 is 25.7 Å². The van der Waals surface area contributed by atoms with Crippen molar-refractivity contribution in [1.29, 1.82) is 0 Å². The SMILES string of the molecule is CC/C=C\C/C=C\C/C=C\C/C=C\CCCCCCC(=O)OC(COC(=O)CCCCCCCCCCCCCCCCC)COP(=O)(O)OCC(CO)OC(=O)CCCC/C=C\C/C=C\C/C=C\C/C=C\CC. The van der Waals surface area contributed by atoms with Gasteiger partial charge < -0.3 is 24.2 Å². The van der Waals surface area contributed by atoms with Crippen LogP contribution < -0.4 is 0 Å². The fourth-order valence-corrected chi connectivity index (χ4v) is 8.42. The molecule has 0 amide bonds. The first-order valence-corrected chi connectivity index (χ1v) is 30.6. The van der Waals surface area contributed by atoms with Gasteiger partial charge in [-0.3, -0.25) is 23.4 Å². The summed E-state index contributed by atoms with van der Waals surface area (Å²) in [6.45, 7) is 4.35. The molecule has 0 aliphatic rings. The minimum absolute atomic E-state index is 0.120. The quantitative estimate of drug-likeness (QED) is 0.0197. The topological polar surface area (TPSA) is 155 Å². The molecule has 0 saturated heterocycles. The minimum Gasteiger partial charge on any atom is -0.462 e. The summed E-state index contributed by atoms with van der Waals surface area (Å²) in [4.78, 5) is 48.5. The van der Waals surface area contributed by atoms with Crippen molar-refractivity contribution >= 4 is 25.7 Å². The molecular weight excluding hydrogens is 952 g/mol. The molecular formula is C62H105O11P. The monoisotopic (exact) mass is 1060 g/mol. The highest BCUT2D eigenvalue weighted by atomic mass is 31.2. The van der Waals surface area contributed by atoms with Gasteiger partial charge in [-0.2, -0.15) is 0 Å². The van der Waals surface area contributed by atoms with Gasteiger partial charge in [0.2, 0.25) is 0 Å². The third-order valence-electron chi connectivity index (χ3n) is 12.0. The fraction of sp³-hybridized carbons (Fsp3) is 0.694. The van der Waals surface area contributed by atoms with Crippen LogP contribution in [0, 0.1) is 0 Å². The Morgan fingerprint density at radius 2 is 0.703 bits per heavy atom. The maximum atomic E-state index is 12.9. The molecule has 0 bridgehead atoms. The first-order valence-electron chi connectivity index (χ1n) is 29.1. The summed E-state index contributed by atoms with van der Waals surface area (Å²) in [7, 11) is -4.77. The third kappa shape index (κ3) is 53.2. The minimum atomic E-state index is -4.77. The van der Waals surface area contributed by atoms with Gasteiger partial charge in [0, 0.05) is 19.3 Å². The highest BCUT2D eigenvalue weighted by Gasteiger charge is 2.28. The highest BCUT2D eigenvalue weighted by Crippen LogP contribution is 2.43. The number of phosphoric ester groups is 1. The van der Waals surface area contributed by atoms with Gasteiger partial charge in [-0.25, -0.2) is 4.57 Å². The maximum Gasteiger partial charge on any atom is 0.472 e. The van der Waals surface area contributed by atoms with Crippen LogP contribution in [0.1, 0.15) is 239 Å². The summed E-state index contributed by atoms with van der Waals surface area (Å²) >= 11 is 0. The summed E-state index contributed by atoms with van der Waals surface area (Å²) in [6, 6.07) is 0. The van der Waals surface area contributed by atoms with E-state index >= 15 is 0 Å². The zero-order chi connectivity index (χ0) is 54.1. The van der Waals surface area contributed by atoms with Crippen LogP contribution in [0.4, 0.5) is 0 Å². The summed E-state index contributed by atoms with van der Waals surface area (Å²) in [5.41, 5.74) is 0. The van der Waals surface area contributed by atoms with Gasteiger partial charge in [0.05, 0.1) is 19.8 Å². The maximum absolute atomic E-state index is 12.9. The summed E-state index contributed by atoms with van der Waals surface area (Å²) in [5, 5.41) is 9.81. The number of rotatable bonds is 53. The molecule has 3 unspecified atom stereocenters. The number of allylic oxidation sites excluding steroid dienone is 16. The van der Waals surface area contributed by atoms with E-state index in [-0.39, 0.29) is 25.9 Å². The van der Waals surface area contributed by atoms with Crippen molar-refractivity contribution in [3.05, 3.63) is 97.2 Å². The Morgan fingerprint density at radius 1 is 0.392 bits per heavy atom. The Bertz CT molecular complexity index is 1610. The van der Waals surface area contributed by atoms with Crippen LogP contribution in [0.3, 0.4) is 0 Å². The Balaban J connectivity index is 4.81. The molecule has 74 heavy (non-hydrogen) atoms. The number of ether oxygens (including phenoxy) is 3. The molecule has 0 fully saturated rings. The van der Waals surface area contributed by atoms with E-state index in [2.05, 4.69) is 118 Å². The van der Waals surface area contributed by atoms with Crippen molar-refractivity contribution < 1.29 is 52.2 Å². The third-order valence-corrected chi connectivity index (χ3v) is 13.0. The second-order valence-electron chi connectivity index (χ2n) is 19.0. The van der Waals surface area contributed by atoms with Crippen LogP contribution in [-0.4, -0.2) is 66.5 Å². The van der Waals surface area contributed by atoms with Crippen molar-refractivity contribution in [2.24, 2.45) is 0 Å². The van der Waals surface area contributed by atoms with E-state index in [9.17, 15) is 28.9 Å². The number of hydrogen-bond donors (Lipinski definition) is 2. The molecule has 0 saturated carbocycles. The number of aliphatic hydroxyl groups is 1. The second-order valence-corrected chi connectivity index (χ2v) is 20.5. The number of carbonyl (C=O) groups is 3. The molecule has 0 heterocycles. The van der Waals surface area contributed by atoms with E-state index in [1.54, 1.807) is 0 Å². The molecule has 0 spiro atoms. The molecule has 2 N–H and O–H groups in total. The van der Waals surface area contributed by atoms with Crippen molar-refractivity contribution in [3.8, 4) is 0 Å². The Kier molecular flexibility index (Phi) is 52.9. The zero-order valence-corrected chi connectivity index (χ0v) is 47.7. The summed E-state index contributed by atoms with van der Waals surface area (Å²) in [6.07, 6.45) is 65.1. The van der Waals surface area contributed by atoms with E-state index in [0.717, 1.165) is 109 Å². The fourth-order valence-electron chi connectivity index (χ4n) is 7.63. The van der Waals surface area contributed by atoms with Gasteiger partial charge in [-0.15, -0.1) is 0 Å². The predicted octanol–water partition coefficient (Wildman–Crippen LogP) is 17.3. The smallest absolute Gasteiger partial charge is 0.462 e. The standard InChI is InChI=1S/C62H105O11P/c1-4-7-10-13-16-19-22-25-28-29-32-35-38-41-44-47-50-53-62(66)73-59(55-69-60(64)51-48-45-42-39-36-33-30-26-23-20-17-14-11-8-5-2)57-71-74(67,68)70-56-58(54-63)72-61(65)52-49-46-43-40-37-34-31-27-24-21-18-15-12-9-6-3/h7,9-10,12,16,18-19,21,25,27-28,31-32,35,37,40,58-59,63H,4-6,8,11,13-15,17,20,22-24,26,29-30,33-34,36,38-39,41-57H2,1-3H3,(H,67,68)/b10-7-,12-9-,19-16-,21-18-,28-25-,31-27-,35-32-,40-37-. The normalized spacial score (nSPS) is 14.1. The average Bonchev–Trinajstić information content (AvgIpc) is 3.39. The number of hydrogen-bond acceptors (Lipinski definition) is 10. The number of carbonyl (C=O) groups excluding carboxylic acids is 3. The molecule has 3 atom stereocenters. The van der Waals surface area contributed by atoms with Crippen molar-refractivity contribution in [2.45, 2.75) is 251 Å². The Morgan fingerprint density at radius 3 is 1.11 bits per heavy atom. The Labute approximate surface area is 451 Å². The van der Waals surface area contributed by atoms with Crippen LogP contribution in [0.5, 0.6) is 0 Å². The Hall–Kier alpha value is -3.60. The molecule has 0 aliphatic carbocycles. The lowest BCUT2D eigenvalue weighted by Gasteiger charge is -2.21. The van der Waals surface area contributed by atoms with E-state index in [1.165, 1.54) is 70.6 Å². The molecule has 424 valence electrons. The van der Waals surface area contributed by atoms with Crippen molar-refractivity contribution in [1.82, 2.24) is 0 Å². The number of unbranched alkanes of at least 4 members (excludes halogenated alkanes) is 20. The lowest BCUT2D eigenvalue weighted by molar-refractivity contribution is -0.161. The van der Waals surface area contributed by atoms with Gasteiger partial charge in [-0.05, 0) is 96.3 Å². The van der Waals surface area contributed by atoms with E-state index in [4.69, 9.17) is 23.3 Å². The van der Waals surface area contributed by atoms with E-state index < -0.39 is 57.8 Å². The average molecular weight is 1060 g/mol. The first kappa shape index (κ1) is 70.4. The van der Waals surface area contributed by atoms with E-state index in [0.29, 0.717) is 19.3 Å². The van der Waals surface area contributed by atoms with Crippen LogP contribution in [0.2, 0.25) is 0 Å². The molecule has 0 aromatic rings. The number of esters is 3. The second kappa shape index (κ2) is 55.6. The summed E-state index contributed by atoms with van der Waals surface area (Å²) in [5.74, 6) is -1.54. The van der Waals surface area contributed by atoms with Crippen LogP contribution in [-0.2, 0) is 42.2 Å². The molecule has 0 radical (unpaired) electrons. The van der Waals surface area contributed by atoms with Gasteiger partial charge in [0.1, 0.15) is 12.7 Å². The van der Waals surface area contributed by atoms with E-state index in [1.807, 2.05) is 0 Å². The van der Waals surface area contributed by atoms with Crippen LogP contribution in [0.15, 0.2) is 97.2 Å². The van der Waals surface area contributed by atoms with Crippen LogP contribution >= 0.6 is 7.82 Å². The lowest BCUT2D eigenvalue weighted by atomic mass is 10.0.